The highest BCUT2D eigenvalue weighted by Gasteiger charge is 2.30. The summed E-state index contributed by atoms with van der Waals surface area (Å²) in [4.78, 5) is 34.0. The molecule has 220 valence electrons. The number of hydrogen-bond donors (Lipinski definition) is 2. The van der Waals surface area contributed by atoms with Gasteiger partial charge in [-0.05, 0) is 39.3 Å². The average Bonchev–Trinajstić information content (AvgIpc) is 3.34. The van der Waals surface area contributed by atoms with Crippen molar-refractivity contribution in [2.24, 2.45) is 5.92 Å². The summed E-state index contributed by atoms with van der Waals surface area (Å²) in [6.07, 6.45) is 1.87. The molecule has 2 amide bonds. The van der Waals surface area contributed by atoms with Gasteiger partial charge in [-0.25, -0.2) is 23.2 Å². The van der Waals surface area contributed by atoms with Crippen molar-refractivity contribution in [3.8, 4) is 10.6 Å². The summed E-state index contributed by atoms with van der Waals surface area (Å²) in [6, 6.07) is 3.49. The number of benzene rings is 1. The van der Waals surface area contributed by atoms with E-state index < -0.39 is 23.1 Å². The molecule has 14 heteroatoms. The van der Waals surface area contributed by atoms with Gasteiger partial charge in [0.05, 0.1) is 31.5 Å². The predicted octanol–water partition coefficient (Wildman–Crippen LogP) is 4.21. The quantitative estimate of drug-likeness (QED) is 0.438. The van der Waals surface area contributed by atoms with Gasteiger partial charge in [-0.1, -0.05) is 17.4 Å². The topological polar surface area (TPSA) is 128 Å². The van der Waals surface area contributed by atoms with E-state index in [-0.39, 0.29) is 33.3 Å². The number of nitrogens with zero attached hydrogens (tertiary/aromatic N) is 5. The highest BCUT2D eigenvalue weighted by atomic mass is 32.1. The second-order valence-electron chi connectivity index (χ2n) is 11.1. The fourth-order valence-corrected chi connectivity index (χ4v) is 5.57. The van der Waals surface area contributed by atoms with E-state index in [0.717, 1.165) is 23.5 Å². The van der Waals surface area contributed by atoms with Crippen molar-refractivity contribution in [1.29, 1.82) is 0 Å². The van der Waals surface area contributed by atoms with Gasteiger partial charge in [-0.15, -0.1) is 0 Å². The Hall–Kier alpha value is -3.78. The third kappa shape index (κ3) is 6.43. The monoisotopic (exact) mass is 589 g/mol. The molecule has 3 aromatic rings. The number of anilines is 3. The van der Waals surface area contributed by atoms with Crippen LogP contribution in [0.15, 0.2) is 24.4 Å². The largest absolute Gasteiger partial charge is 0.444 e. The number of nitrogens with two attached hydrogens (primary N) is 1. The Labute approximate surface area is 240 Å². The maximum Gasteiger partial charge on any atom is 0.410 e. The minimum absolute atomic E-state index is 0.0288. The lowest BCUT2D eigenvalue weighted by atomic mass is 10.1. The van der Waals surface area contributed by atoms with E-state index in [1.807, 2.05) is 25.5 Å². The number of aromatic nitrogens is 3. The molecule has 2 aromatic heterocycles. The summed E-state index contributed by atoms with van der Waals surface area (Å²) in [7, 11) is 0. The van der Waals surface area contributed by atoms with Crippen LogP contribution in [-0.2, 0) is 16.0 Å². The van der Waals surface area contributed by atoms with E-state index in [1.165, 1.54) is 6.07 Å². The zero-order chi connectivity index (χ0) is 29.3. The van der Waals surface area contributed by atoms with Gasteiger partial charge in [0, 0.05) is 32.1 Å². The van der Waals surface area contributed by atoms with Crippen LogP contribution in [0.1, 0.15) is 37.7 Å². The molecule has 41 heavy (non-hydrogen) atoms. The minimum atomic E-state index is -0.796. The van der Waals surface area contributed by atoms with Crippen molar-refractivity contribution in [2.75, 3.05) is 55.3 Å². The first-order chi connectivity index (χ1) is 19.5. The van der Waals surface area contributed by atoms with Crippen LogP contribution in [0, 0.1) is 17.6 Å². The summed E-state index contributed by atoms with van der Waals surface area (Å²) >= 11 is 0.832. The smallest absolute Gasteiger partial charge is 0.410 e. The van der Waals surface area contributed by atoms with Crippen molar-refractivity contribution < 1.29 is 27.8 Å². The summed E-state index contributed by atoms with van der Waals surface area (Å²) in [5, 5.41) is 7.40. The van der Waals surface area contributed by atoms with Crippen LogP contribution in [-0.4, -0.2) is 76.7 Å². The number of nitrogens with one attached hydrogen (secondary N) is 1. The van der Waals surface area contributed by atoms with E-state index in [2.05, 4.69) is 20.3 Å². The normalized spacial score (nSPS) is 16.3. The Morgan fingerprint density at radius 1 is 1.17 bits per heavy atom. The van der Waals surface area contributed by atoms with Crippen molar-refractivity contribution in [1.82, 2.24) is 19.7 Å². The lowest BCUT2D eigenvalue weighted by Gasteiger charge is -2.30. The number of halogens is 2. The average molecular weight is 590 g/mol. The number of carbonyl (C=O) groups is 2. The molecule has 2 fully saturated rings. The first kappa shape index (κ1) is 28.7. The van der Waals surface area contributed by atoms with Crippen LogP contribution in [0.25, 0.3) is 10.6 Å². The fourth-order valence-electron chi connectivity index (χ4n) is 4.69. The number of thiazole rings is 1. The molecule has 2 aliphatic heterocycles. The van der Waals surface area contributed by atoms with Crippen molar-refractivity contribution in [3.05, 3.63) is 41.7 Å². The maximum absolute atomic E-state index is 14.3. The van der Waals surface area contributed by atoms with Gasteiger partial charge in [-0.2, -0.15) is 5.10 Å². The van der Waals surface area contributed by atoms with E-state index >= 15 is 0 Å². The van der Waals surface area contributed by atoms with Gasteiger partial charge in [0.2, 0.25) is 0 Å². The Morgan fingerprint density at radius 3 is 2.56 bits per heavy atom. The number of rotatable bonds is 6. The molecule has 2 aliphatic rings. The second kappa shape index (κ2) is 11.6. The molecule has 4 heterocycles. The van der Waals surface area contributed by atoms with Crippen molar-refractivity contribution in [3.63, 3.8) is 0 Å². The van der Waals surface area contributed by atoms with Gasteiger partial charge in [-0.3, -0.25) is 4.79 Å². The Bertz CT molecular complexity index is 1410. The highest BCUT2D eigenvalue weighted by Crippen LogP contribution is 2.35. The van der Waals surface area contributed by atoms with Crippen molar-refractivity contribution >= 4 is 39.8 Å². The Kier molecular flexibility index (Phi) is 8.13. The Morgan fingerprint density at radius 2 is 1.90 bits per heavy atom. The summed E-state index contributed by atoms with van der Waals surface area (Å²) in [6.45, 7) is 9.39. The fraction of sp³-hybridized carbons (Fsp3) is 0.481. The number of amides is 2. The molecule has 0 unspecified atom stereocenters. The lowest BCUT2D eigenvalue weighted by Crippen LogP contribution is -2.39. The van der Waals surface area contributed by atoms with Crippen LogP contribution in [0.5, 0.6) is 0 Å². The molecule has 0 saturated carbocycles. The summed E-state index contributed by atoms with van der Waals surface area (Å²) < 4.78 is 41.4. The molecule has 5 rings (SSSR count). The molecule has 1 aromatic carbocycles. The number of hydrogen-bond acceptors (Lipinski definition) is 9. The zero-order valence-electron chi connectivity index (χ0n) is 23.2. The molecule has 2 saturated heterocycles. The minimum Gasteiger partial charge on any atom is -0.444 e. The predicted molar refractivity (Wildman–Crippen MR) is 151 cm³/mol. The molecule has 3 N–H and O–H groups in total. The summed E-state index contributed by atoms with van der Waals surface area (Å²) in [5.41, 5.74) is 5.45. The number of carbonyl (C=O) groups excluding carboxylic acids is 2. The highest BCUT2D eigenvalue weighted by molar-refractivity contribution is 7.19. The standard InChI is InChI=1S/C27H33F2N7O4S/c1-27(2,3)40-26(38)35-9-5-8-34(10-11-35)25-19(12-31-36(25)13-16-14-39-15-16)32-23(37)21-22(30)41-24(33-21)20-17(28)6-4-7-18(20)29/h4,6-7,12,16H,5,8-11,13-15,30H2,1-3H3,(H,32,37). The molecular weight excluding hydrogens is 556 g/mol. The third-order valence-corrected chi connectivity index (χ3v) is 7.59. The van der Waals surface area contributed by atoms with E-state index in [1.54, 1.807) is 11.1 Å². The molecule has 11 nitrogen and oxygen atoms in total. The molecule has 0 bridgehead atoms. The maximum atomic E-state index is 14.3. The van der Waals surface area contributed by atoms with E-state index in [4.69, 9.17) is 15.2 Å². The van der Waals surface area contributed by atoms with Crippen LogP contribution in [0.3, 0.4) is 0 Å². The van der Waals surface area contributed by atoms with Gasteiger partial charge >= 0.3 is 6.09 Å². The van der Waals surface area contributed by atoms with Gasteiger partial charge in [0.1, 0.15) is 32.9 Å². The van der Waals surface area contributed by atoms with Crippen LogP contribution in [0.4, 0.5) is 30.1 Å². The van der Waals surface area contributed by atoms with E-state index in [0.29, 0.717) is 63.9 Å². The first-order valence-corrected chi connectivity index (χ1v) is 14.2. The molecule has 0 atom stereocenters. The zero-order valence-corrected chi connectivity index (χ0v) is 24.0. The van der Waals surface area contributed by atoms with E-state index in [9.17, 15) is 18.4 Å². The van der Waals surface area contributed by atoms with Gasteiger partial charge in [0.25, 0.3) is 5.91 Å². The Balaban J connectivity index is 1.38. The second-order valence-corrected chi connectivity index (χ2v) is 12.1. The molecular formula is C27H33F2N7O4S. The van der Waals surface area contributed by atoms with Crippen molar-refractivity contribution in [2.45, 2.75) is 39.3 Å². The molecule has 0 radical (unpaired) electrons. The van der Waals surface area contributed by atoms with Gasteiger partial charge in [0.15, 0.2) is 11.5 Å². The third-order valence-electron chi connectivity index (χ3n) is 6.69. The first-order valence-electron chi connectivity index (χ1n) is 13.4. The van der Waals surface area contributed by atoms with Gasteiger partial charge < -0.3 is 30.3 Å². The van der Waals surface area contributed by atoms with Crippen LogP contribution < -0.4 is 16.0 Å². The van der Waals surface area contributed by atoms with Crippen LogP contribution in [0.2, 0.25) is 0 Å². The SMILES string of the molecule is CC(C)(C)OC(=O)N1CCCN(c2c(NC(=O)c3nc(-c4c(F)cccc4F)sc3N)cnn2CC2COC2)CC1. The van der Waals surface area contributed by atoms with Crippen LogP contribution >= 0.6 is 11.3 Å². The summed E-state index contributed by atoms with van der Waals surface area (Å²) in [5.74, 6) is -1.24. The number of nitrogen functional groups attached to an aromatic ring is 1. The molecule has 0 aliphatic carbocycles. The number of ether oxygens (including phenoxy) is 2. The molecule has 0 spiro atoms. The lowest BCUT2D eigenvalue weighted by molar-refractivity contribution is -0.0406.